The number of hydrogen-bond acceptors (Lipinski definition) is 3. The van der Waals surface area contributed by atoms with Crippen molar-refractivity contribution < 1.29 is 5.11 Å². The Morgan fingerprint density at radius 2 is 2.21 bits per heavy atom. The second kappa shape index (κ2) is 3.88. The zero-order valence-corrected chi connectivity index (χ0v) is 9.47. The van der Waals surface area contributed by atoms with Crippen molar-refractivity contribution in [3.63, 3.8) is 0 Å². The third-order valence-corrected chi connectivity index (χ3v) is 2.74. The summed E-state index contributed by atoms with van der Waals surface area (Å²) in [5.41, 5.74) is 6.23. The van der Waals surface area contributed by atoms with Gasteiger partial charge in [0.2, 0.25) is 0 Å². The van der Waals surface area contributed by atoms with Gasteiger partial charge in [-0.05, 0) is 13.8 Å². The van der Waals surface area contributed by atoms with Gasteiger partial charge in [-0.15, -0.1) is 0 Å². The van der Waals surface area contributed by atoms with Crippen molar-refractivity contribution in [2.75, 3.05) is 6.54 Å². The number of hydrogen-bond donors (Lipinski definition) is 2. The molecule has 1 aromatic heterocycles. The smallest absolute Gasteiger partial charge is 0.130 e. The summed E-state index contributed by atoms with van der Waals surface area (Å²) in [4.78, 5) is 0. The minimum absolute atomic E-state index is 0.206. The largest absolute Gasteiger partial charge is 0.389 e. The highest BCUT2D eigenvalue weighted by molar-refractivity contribution is 6.30. The zero-order chi connectivity index (χ0) is 10.9. The quantitative estimate of drug-likeness (QED) is 0.781. The van der Waals surface area contributed by atoms with E-state index in [0.29, 0.717) is 11.6 Å². The van der Waals surface area contributed by atoms with Crippen LogP contribution in [0.3, 0.4) is 0 Å². The minimum atomic E-state index is -0.919. The molecule has 0 amide bonds. The van der Waals surface area contributed by atoms with Gasteiger partial charge in [0.25, 0.3) is 0 Å². The second-order valence-corrected chi connectivity index (χ2v) is 4.21. The SMILES string of the molecule is Cc1nn(C)c(Cl)c1CC(C)(O)CN. The summed E-state index contributed by atoms with van der Waals surface area (Å²) in [5, 5.41) is 14.5. The van der Waals surface area contributed by atoms with Gasteiger partial charge in [-0.25, -0.2) is 0 Å². The van der Waals surface area contributed by atoms with Crippen molar-refractivity contribution in [2.45, 2.75) is 25.9 Å². The molecule has 1 aromatic rings. The first-order valence-corrected chi connectivity index (χ1v) is 4.85. The van der Waals surface area contributed by atoms with E-state index in [1.807, 2.05) is 6.92 Å². The zero-order valence-electron chi connectivity index (χ0n) is 8.71. The topological polar surface area (TPSA) is 64.1 Å². The highest BCUT2D eigenvalue weighted by Crippen LogP contribution is 2.23. The van der Waals surface area contributed by atoms with Crippen LogP contribution in [0.1, 0.15) is 18.2 Å². The summed E-state index contributed by atoms with van der Waals surface area (Å²) in [5.74, 6) is 0. The molecule has 1 atom stereocenters. The van der Waals surface area contributed by atoms with Crippen LogP contribution in [0.15, 0.2) is 0 Å². The lowest BCUT2D eigenvalue weighted by molar-refractivity contribution is 0.0695. The monoisotopic (exact) mass is 217 g/mol. The van der Waals surface area contributed by atoms with Crippen molar-refractivity contribution in [2.24, 2.45) is 12.8 Å². The van der Waals surface area contributed by atoms with Gasteiger partial charge in [-0.2, -0.15) is 5.10 Å². The molecule has 80 valence electrons. The molecule has 0 aliphatic rings. The van der Waals surface area contributed by atoms with Crippen LogP contribution in [-0.2, 0) is 13.5 Å². The Labute approximate surface area is 88.7 Å². The van der Waals surface area contributed by atoms with Crippen LogP contribution in [0.2, 0.25) is 5.15 Å². The normalized spacial score (nSPS) is 15.6. The average molecular weight is 218 g/mol. The van der Waals surface area contributed by atoms with Crippen LogP contribution in [0.5, 0.6) is 0 Å². The van der Waals surface area contributed by atoms with E-state index in [9.17, 15) is 5.11 Å². The third-order valence-electron chi connectivity index (χ3n) is 2.27. The van der Waals surface area contributed by atoms with E-state index in [2.05, 4.69) is 5.10 Å². The molecule has 0 radical (unpaired) electrons. The second-order valence-electron chi connectivity index (χ2n) is 3.86. The van der Waals surface area contributed by atoms with Crippen LogP contribution in [0, 0.1) is 6.92 Å². The summed E-state index contributed by atoms with van der Waals surface area (Å²) in [7, 11) is 1.77. The van der Waals surface area contributed by atoms with Gasteiger partial charge in [0, 0.05) is 25.6 Å². The van der Waals surface area contributed by atoms with Crippen molar-refractivity contribution in [1.29, 1.82) is 0 Å². The maximum Gasteiger partial charge on any atom is 0.130 e. The van der Waals surface area contributed by atoms with E-state index in [1.54, 1.807) is 18.7 Å². The first kappa shape index (κ1) is 11.5. The van der Waals surface area contributed by atoms with Crippen LogP contribution >= 0.6 is 11.6 Å². The maximum absolute atomic E-state index is 9.81. The number of nitrogens with two attached hydrogens (primary N) is 1. The predicted octanol–water partition coefficient (Wildman–Crippen LogP) is 0.634. The molecule has 5 heteroatoms. The lowest BCUT2D eigenvalue weighted by atomic mass is 9.97. The predicted molar refractivity (Wildman–Crippen MR) is 56.3 cm³/mol. The van der Waals surface area contributed by atoms with Gasteiger partial charge in [0.05, 0.1) is 11.3 Å². The summed E-state index contributed by atoms with van der Waals surface area (Å²) < 4.78 is 1.60. The van der Waals surface area contributed by atoms with Gasteiger partial charge in [0.15, 0.2) is 0 Å². The molecule has 1 rings (SSSR count). The average Bonchev–Trinajstić information content (AvgIpc) is 2.32. The summed E-state index contributed by atoms with van der Waals surface area (Å²) in [6, 6.07) is 0. The Morgan fingerprint density at radius 3 is 2.57 bits per heavy atom. The fourth-order valence-corrected chi connectivity index (χ4v) is 1.57. The van der Waals surface area contributed by atoms with Crippen LogP contribution < -0.4 is 5.73 Å². The molecule has 0 saturated carbocycles. The maximum atomic E-state index is 9.81. The van der Waals surface area contributed by atoms with Crippen molar-refractivity contribution >= 4 is 11.6 Å². The van der Waals surface area contributed by atoms with E-state index >= 15 is 0 Å². The van der Waals surface area contributed by atoms with Crippen LogP contribution in [-0.4, -0.2) is 27.0 Å². The Morgan fingerprint density at radius 1 is 1.64 bits per heavy atom. The van der Waals surface area contributed by atoms with Crippen LogP contribution in [0.25, 0.3) is 0 Å². The first-order valence-electron chi connectivity index (χ1n) is 4.48. The lowest BCUT2D eigenvalue weighted by Gasteiger charge is -2.20. The molecule has 0 bridgehead atoms. The number of aliphatic hydroxyl groups is 1. The molecule has 0 spiro atoms. The molecule has 0 aliphatic heterocycles. The van der Waals surface area contributed by atoms with Gasteiger partial charge in [0.1, 0.15) is 5.15 Å². The molecule has 1 unspecified atom stereocenters. The molecular formula is C9H16ClN3O. The number of nitrogens with zero attached hydrogens (tertiary/aromatic N) is 2. The van der Waals surface area contributed by atoms with Gasteiger partial charge >= 0.3 is 0 Å². The number of aryl methyl sites for hydroxylation is 2. The van der Waals surface area contributed by atoms with Gasteiger partial charge in [-0.3, -0.25) is 4.68 Å². The van der Waals surface area contributed by atoms with Crippen molar-refractivity contribution in [3.05, 3.63) is 16.4 Å². The number of rotatable bonds is 3. The van der Waals surface area contributed by atoms with E-state index in [-0.39, 0.29) is 6.54 Å². The van der Waals surface area contributed by atoms with E-state index < -0.39 is 5.60 Å². The van der Waals surface area contributed by atoms with E-state index in [1.165, 1.54) is 0 Å². The lowest BCUT2D eigenvalue weighted by Crippen LogP contribution is -2.36. The van der Waals surface area contributed by atoms with Crippen LogP contribution in [0.4, 0.5) is 0 Å². The van der Waals surface area contributed by atoms with Gasteiger partial charge < -0.3 is 10.8 Å². The molecule has 0 saturated heterocycles. The summed E-state index contributed by atoms with van der Waals surface area (Å²) >= 11 is 6.03. The minimum Gasteiger partial charge on any atom is -0.389 e. The Bertz CT molecular complexity index is 333. The van der Waals surface area contributed by atoms with E-state index in [0.717, 1.165) is 11.3 Å². The van der Waals surface area contributed by atoms with Crippen molar-refractivity contribution in [1.82, 2.24) is 9.78 Å². The Balaban J connectivity index is 2.97. The molecule has 4 nitrogen and oxygen atoms in total. The molecule has 0 fully saturated rings. The summed E-state index contributed by atoms with van der Waals surface area (Å²) in [6.07, 6.45) is 0.433. The van der Waals surface area contributed by atoms with E-state index in [4.69, 9.17) is 17.3 Å². The summed E-state index contributed by atoms with van der Waals surface area (Å²) in [6.45, 7) is 3.77. The fourth-order valence-electron chi connectivity index (χ4n) is 1.33. The Kier molecular flexibility index (Phi) is 3.19. The number of halogens is 1. The molecule has 0 aromatic carbocycles. The highest BCUT2D eigenvalue weighted by Gasteiger charge is 2.23. The molecule has 0 aliphatic carbocycles. The standard InChI is InChI=1S/C9H16ClN3O/c1-6-7(4-9(2,14)5-11)8(10)13(3)12-6/h14H,4-5,11H2,1-3H3. The molecule has 1 heterocycles. The Hall–Kier alpha value is -0.580. The molecular weight excluding hydrogens is 202 g/mol. The molecule has 14 heavy (non-hydrogen) atoms. The number of aromatic nitrogens is 2. The fraction of sp³-hybridized carbons (Fsp3) is 0.667. The third kappa shape index (κ3) is 2.26. The highest BCUT2D eigenvalue weighted by atomic mass is 35.5. The van der Waals surface area contributed by atoms with Crippen molar-refractivity contribution in [3.8, 4) is 0 Å². The van der Waals surface area contributed by atoms with Gasteiger partial charge in [-0.1, -0.05) is 11.6 Å². The molecule has 3 N–H and O–H groups in total. The first-order chi connectivity index (χ1) is 6.37.